The Morgan fingerprint density at radius 3 is 2.54 bits per heavy atom. The van der Waals surface area contributed by atoms with Crippen LogP contribution in [0.3, 0.4) is 0 Å². The van der Waals surface area contributed by atoms with Gasteiger partial charge in [-0.25, -0.2) is 0 Å². The molecule has 1 heterocycles. The normalized spacial score (nSPS) is 12.7. The lowest BCUT2D eigenvalue weighted by Crippen LogP contribution is -2.41. The lowest BCUT2D eigenvalue weighted by atomic mass is 9.99. The smallest absolute Gasteiger partial charge is 0.191 e. The summed E-state index contributed by atoms with van der Waals surface area (Å²) in [5.41, 5.74) is 1.02. The van der Waals surface area contributed by atoms with Gasteiger partial charge in [-0.05, 0) is 31.9 Å². The van der Waals surface area contributed by atoms with E-state index in [1.165, 1.54) is 0 Å². The molecule has 0 fully saturated rings. The maximum absolute atomic E-state index is 5.95. The van der Waals surface area contributed by atoms with Gasteiger partial charge in [0.2, 0.25) is 0 Å². The molecule has 0 aliphatic carbocycles. The number of guanidine groups is 1. The quantitative estimate of drug-likeness (QED) is 0.477. The van der Waals surface area contributed by atoms with E-state index in [-0.39, 0.29) is 6.10 Å². The van der Waals surface area contributed by atoms with Crippen LogP contribution in [-0.4, -0.2) is 37.9 Å². The summed E-state index contributed by atoms with van der Waals surface area (Å²) >= 11 is 0. The summed E-state index contributed by atoms with van der Waals surface area (Å²) in [5.74, 6) is 3.36. The predicted molar refractivity (Wildman–Crippen MR) is 111 cm³/mol. The van der Waals surface area contributed by atoms with Crippen molar-refractivity contribution in [2.24, 2.45) is 4.99 Å². The largest absolute Gasteiger partial charge is 0.493 e. The second-order valence-electron chi connectivity index (χ2n) is 6.62. The Balaban J connectivity index is 1.81. The summed E-state index contributed by atoms with van der Waals surface area (Å²) in [6.45, 7) is 7.44. The van der Waals surface area contributed by atoms with E-state index in [9.17, 15) is 0 Å². The first kappa shape index (κ1) is 21.6. The van der Waals surface area contributed by atoms with Gasteiger partial charge in [-0.15, -0.1) is 0 Å². The fourth-order valence-electron chi connectivity index (χ4n) is 2.92. The van der Waals surface area contributed by atoms with E-state index in [4.69, 9.17) is 14.0 Å². The highest BCUT2D eigenvalue weighted by atomic mass is 16.5. The molecule has 2 aromatic rings. The highest BCUT2D eigenvalue weighted by Gasteiger charge is 2.13. The third-order valence-corrected chi connectivity index (χ3v) is 4.59. The van der Waals surface area contributed by atoms with Gasteiger partial charge in [0.25, 0.3) is 0 Å². The van der Waals surface area contributed by atoms with Gasteiger partial charge in [0, 0.05) is 19.0 Å². The number of nitrogens with one attached hydrogen (secondary N) is 2. The Labute approximate surface area is 167 Å². The standard InChI is InChI=1S/C21H32N4O3/c1-6-16(7-2)18-12-17(28-25-18)14-24-21(22-4)23-13-15(3)27-20-11-9-8-10-19(20)26-5/h8-12,15-16H,6-7,13-14H2,1-5H3,(H2,22,23,24). The van der Waals surface area contributed by atoms with Gasteiger partial charge < -0.3 is 24.6 Å². The van der Waals surface area contributed by atoms with Crippen molar-refractivity contribution in [3.05, 3.63) is 41.8 Å². The highest BCUT2D eigenvalue weighted by Crippen LogP contribution is 2.26. The summed E-state index contributed by atoms with van der Waals surface area (Å²) in [4.78, 5) is 4.24. The van der Waals surface area contributed by atoms with Crippen LogP contribution in [0.15, 0.2) is 39.8 Å². The van der Waals surface area contributed by atoms with Gasteiger partial charge in [-0.3, -0.25) is 4.99 Å². The lowest BCUT2D eigenvalue weighted by Gasteiger charge is -2.18. The van der Waals surface area contributed by atoms with Crippen molar-refractivity contribution in [1.82, 2.24) is 15.8 Å². The molecule has 0 radical (unpaired) electrons. The van der Waals surface area contributed by atoms with Crippen molar-refractivity contribution >= 4 is 5.96 Å². The molecule has 0 aliphatic heterocycles. The third kappa shape index (κ3) is 6.18. The minimum atomic E-state index is -0.0680. The van der Waals surface area contributed by atoms with Gasteiger partial charge in [0.1, 0.15) is 6.10 Å². The van der Waals surface area contributed by atoms with Crippen LogP contribution in [0, 0.1) is 0 Å². The molecule has 0 saturated heterocycles. The average molecular weight is 389 g/mol. The first-order chi connectivity index (χ1) is 13.6. The number of nitrogens with zero attached hydrogens (tertiary/aromatic N) is 2. The minimum Gasteiger partial charge on any atom is -0.493 e. The zero-order valence-corrected chi connectivity index (χ0v) is 17.5. The SMILES string of the molecule is CCC(CC)c1cc(CNC(=NC)NCC(C)Oc2ccccc2OC)on1. The van der Waals surface area contributed by atoms with Gasteiger partial charge >= 0.3 is 0 Å². The molecule has 1 aromatic carbocycles. The van der Waals surface area contributed by atoms with Crippen LogP contribution in [0.1, 0.15) is 51.0 Å². The molecule has 0 aliphatic rings. The number of aliphatic imine (C=N–C) groups is 1. The summed E-state index contributed by atoms with van der Waals surface area (Å²) in [6.07, 6.45) is 2.05. The molecular weight excluding hydrogens is 356 g/mol. The Hall–Kier alpha value is -2.70. The zero-order valence-electron chi connectivity index (χ0n) is 17.5. The third-order valence-electron chi connectivity index (χ3n) is 4.59. The minimum absolute atomic E-state index is 0.0680. The highest BCUT2D eigenvalue weighted by molar-refractivity contribution is 5.79. The molecule has 0 saturated carbocycles. The molecule has 0 bridgehead atoms. The molecule has 2 rings (SSSR count). The van der Waals surface area contributed by atoms with Crippen molar-refractivity contribution in [2.45, 2.75) is 52.2 Å². The molecule has 1 aromatic heterocycles. The van der Waals surface area contributed by atoms with Gasteiger partial charge in [0.05, 0.1) is 25.9 Å². The fourth-order valence-corrected chi connectivity index (χ4v) is 2.92. The molecule has 0 amide bonds. The van der Waals surface area contributed by atoms with E-state index in [2.05, 4.69) is 34.6 Å². The molecule has 28 heavy (non-hydrogen) atoms. The van der Waals surface area contributed by atoms with Crippen molar-refractivity contribution in [1.29, 1.82) is 0 Å². The Bertz CT molecular complexity index is 741. The first-order valence-electron chi connectivity index (χ1n) is 9.80. The lowest BCUT2D eigenvalue weighted by molar-refractivity contribution is 0.213. The summed E-state index contributed by atoms with van der Waals surface area (Å²) in [6, 6.07) is 9.63. The molecule has 2 N–H and O–H groups in total. The van der Waals surface area contributed by atoms with Crippen LogP contribution in [-0.2, 0) is 6.54 Å². The molecule has 1 unspecified atom stereocenters. The van der Waals surface area contributed by atoms with Gasteiger partial charge in [-0.1, -0.05) is 31.1 Å². The summed E-state index contributed by atoms with van der Waals surface area (Å²) in [5, 5.41) is 10.7. The fraction of sp³-hybridized carbons (Fsp3) is 0.524. The summed E-state index contributed by atoms with van der Waals surface area (Å²) in [7, 11) is 3.37. The topological polar surface area (TPSA) is 80.9 Å². The maximum Gasteiger partial charge on any atom is 0.191 e. The van der Waals surface area contributed by atoms with Crippen LogP contribution in [0.25, 0.3) is 0 Å². The second kappa shape index (κ2) is 11.2. The van der Waals surface area contributed by atoms with Crippen molar-refractivity contribution in [2.75, 3.05) is 20.7 Å². The predicted octanol–water partition coefficient (Wildman–Crippen LogP) is 3.72. The van der Waals surface area contributed by atoms with Gasteiger partial charge in [-0.2, -0.15) is 0 Å². The van der Waals surface area contributed by atoms with Crippen LogP contribution in [0.2, 0.25) is 0 Å². The van der Waals surface area contributed by atoms with E-state index in [0.717, 1.165) is 35.8 Å². The van der Waals surface area contributed by atoms with Crippen molar-refractivity contribution in [3.8, 4) is 11.5 Å². The second-order valence-corrected chi connectivity index (χ2v) is 6.62. The van der Waals surface area contributed by atoms with E-state index in [0.29, 0.717) is 25.0 Å². The molecule has 1 atom stereocenters. The number of hydrogen-bond donors (Lipinski definition) is 2. The number of methoxy groups -OCH3 is 1. The molecule has 7 heteroatoms. The van der Waals surface area contributed by atoms with Crippen molar-refractivity contribution in [3.63, 3.8) is 0 Å². The number of hydrogen-bond acceptors (Lipinski definition) is 5. The summed E-state index contributed by atoms with van der Waals surface area (Å²) < 4.78 is 16.7. The van der Waals surface area contributed by atoms with Crippen LogP contribution in [0.4, 0.5) is 0 Å². The number of rotatable bonds is 10. The Kier molecular flexibility index (Phi) is 8.65. The van der Waals surface area contributed by atoms with Crippen molar-refractivity contribution < 1.29 is 14.0 Å². The Morgan fingerprint density at radius 2 is 1.89 bits per heavy atom. The zero-order chi connectivity index (χ0) is 20.4. The first-order valence-corrected chi connectivity index (χ1v) is 9.80. The number of benzene rings is 1. The maximum atomic E-state index is 5.95. The molecule has 154 valence electrons. The Morgan fingerprint density at radius 1 is 1.18 bits per heavy atom. The molecule has 7 nitrogen and oxygen atoms in total. The number of ether oxygens (including phenoxy) is 2. The van der Waals surface area contributed by atoms with Gasteiger partial charge in [0.15, 0.2) is 23.2 Å². The van der Waals surface area contributed by atoms with E-state index in [1.807, 2.05) is 37.3 Å². The molecular formula is C21H32N4O3. The monoisotopic (exact) mass is 388 g/mol. The van der Waals surface area contributed by atoms with Crippen LogP contribution >= 0.6 is 0 Å². The van der Waals surface area contributed by atoms with Crippen LogP contribution in [0.5, 0.6) is 11.5 Å². The number of para-hydroxylation sites is 2. The number of aromatic nitrogens is 1. The van der Waals surface area contributed by atoms with E-state index >= 15 is 0 Å². The van der Waals surface area contributed by atoms with E-state index < -0.39 is 0 Å². The average Bonchev–Trinajstić information content (AvgIpc) is 3.18. The van der Waals surface area contributed by atoms with E-state index in [1.54, 1.807) is 14.2 Å². The van der Waals surface area contributed by atoms with Crippen LogP contribution < -0.4 is 20.1 Å². The molecule has 0 spiro atoms.